The van der Waals surface area contributed by atoms with Gasteiger partial charge in [0, 0.05) is 5.92 Å². The van der Waals surface area contributed by atoms with Crippen molar-refractivity contribution in [3.63, 3.8) is 0 Å². The Kier molecular flexibility index (Phi) is 4.47. The second kappa shape index (κ2) is 7.30. The van der Waals surface area contributed by atoms with E-state index in [-0.39, 0.29) is 17.9 Å². The van der Waals surface area contributed by atoms with Crippen LogP contribution in [-0.2, 0) is 0 Å². The topological polar surface area (TPSA) is 20.2 Å². The first kappa shape index (κ1) is 20.2. The number of hydrogen-bond acceptors (Lipinski definition) is 1. The maximum absolute atomic E-state index is 10.6. The van der Waals surface area contributed by atoms with Crippen molar-refractivity contribution in [1.29, 1.82) is 0 Å². The van der Waals surface area contributed by atoms with Crippen molar-refractivity contribution >= 4 is 11.6 Å². The van der Waals surface area contributed by atoms with Gasteiger partial charge in [-0.2, -0.15) is 0 Å². The maximum atomic E-state index is 10.6. The number of aliphatic hydroxyl groups excluding tert-OH is 1. The van der Waals surface area contributed by atoms with Gasteiger partial charge in [0.25, 0.3) is 0 Å². The minimum atomic E-state index is -0.0800. The summed E-state index contributed by atoms with van der Waals surface area (Å²) in [6.45, 7) is 6.94. The van der Waals surface area contributed by atoms with Crippen LogP contribution in [-0.4, -0.2) is 11.7 Å². The SMILES string of the molecule is CC(C)(C)C1=c2cc3c(c(-c4ccccc4)c2-c2ccccc2C1CO)=c1ccccc1=C3. The van der Waals surface area contributed by atoms with Crippen molar-refractivity contribution in [2.24, 2.45) is 5.41 Å². The van der Waals surface area contributed by atoms with Crippen molar-refractivity contribution in [3.8, 4) is 22.3 Å². The zero-order valence-corrected chi connectivity index (χ0v) is 19.4. The van der Waals surface area contributed by atoms with Crippen LogP contribution >= 0.6 is 0 Å². The van der Waals surface area contributed by atoms with Gasteiger partial charge in [0.1, 0.15) is 0 Å². The van der Waals surface area contributed by atoms with Gasteiger partial charge in [-0.3, -0.25) is 0 Å². The van der Waals surface area contributed by atoms with E-state index in [1.54, 1.807) is 0 Å². The third kappa shape index (κ3) is 2.96. The van der Waals surface area contributed by atoms with Crippen molar-refractivity contribution in [1.82, 2.24) is 0 Å². The Balaban J connectivity index is 1.95. The molecular weight excluding hydrogens is 400 g/mol. The number of benzene rings is 4. The average Bonchev–Trinajstić information content (AvgIpc) is 3.19. The summed E-state index contributed by atoms with van der Waals surface area (Å²) in [5.74, 6) is -0.000785. The van der Waals surface area contributed by atoms with Crippen LogP contribution in [0.5, 0.6) is 0 Å². The molecule has 0 saturated heterocycles. The largest absolute Gasteiger partial charge is 0.395 e. The minimum absolute atomic E-state index is 0.000785. The normalized spacial score (nSPS) is 15.9. The molecule has 0 fully saturated rings. The summed E-state index contributed by atoms with van der Waals surface area (Å²) in [4.78, 5) is 0. The van der Waals surface area contributed by atoms with Gasteiger partial charge in [-0.15, -0.1) is 0 Å². The Morgan fingerprint density at radius 3 is 2.21 bits per heavy atom. The summed E-state index contributed by atoms with van der Waals surface area (Å²) in [7, 11) is 0. The van der Waals surface area contributed by atoms with Crippen LogP contribution < -0.4 is 10.4 Å². The first-order valence-corrected chi connectivity index (χ1v) is 11.8. The molecule has 0 heterocycles. The lowest BCUT2D eigenvalue weighted by Gasteiger charge is -2.36. The molecule has 0 radical (unpaired) electrons. The monoisotopic (exact) mass is 428 g/mol. The van der Waals surface area contributed by atoms with Gasteiger partial charge >= 0.3 is 0 Å². The standard InChI is InChI=1S/C32H28O/c1-32(2,3)31-26-18-22-17-21-13-7-8-14-23(21)28(22)29(20-11-5-4-6-12-20)30(26)25-16-10-9-15-24(25)27(31)19-33/h4-18,27,33H,19H2,1-3H3. The van der Waals surface area contributed by atoms with Crippen molar-refractivity contribution in [2.45, 2.75) is 26.7 Å². The predicted molar refractivity (Wildman–Crippen MR) is 137 cm³/mol. The minimum Gasteiger partial charge on any atom is -0.395 e. The van der Waals surface area contributed by atoms with E-state index in [9.17, 15) is 5.11 Å². The van der Waals surface area contributed by atoms with Crippen molar-refractivity contribution < 1.29 is 5.11 Å². The van der Waals surface area contributed by atoms with Crippen molar-refractivity contribution in [3.05, 3.63) is 117 Å². The van der Waals surface area contributed by atoms with E-state index >= 15 is 0 Å². The summed E-state index contributed by atoms with van der Waals surface area (Å²) >= 11 is 0. The van der Waals surface area contributed by atoms with E-state index in [0.29, 0.717) is 0 Å². The van der Waals surface area contributed by atoms with E-state index < -0.39 is 0 Å². The molecule has 2 aliphatic carbocycles. The smallest absolute Gasteiger partial charge is 0.0537 e. The Hall–Kier alpha value is -3.42. The van der Waals surface area contributed by atoms with Gasteiger partial charge < -0.3 is 5.11 Å². The lowest BCUT2D eigenvalue weighted by molar-refractivity contribution is 0.278. The molecule has 1 atom stereocenters. The Bertz CT molecular complexity index is 1620. The molecule has 0 saturated carbocycles. The van der Waals surface area contributed by atoms with Crippen molar-refractivity contribution in [2.75, 3.05) is 6.61 Å². The van der Waals surface area contributed by atoms with Crippen LogP contribution in [0.15, 0.2) is 84.9 Å². The highest BCUT2D eigenvalue weighted by Gasteiger charge is 2.34. The number of hydrogen-bond donors (Lipinski definition) is 1. The van der Waals surface area contributed by atoms with Crippen LogP contribution in [0.1, 0.15) is 37.8 Å². The Labute approximate surface area is 194 Å². The van der Waals surface area contributed by atoms with E-state index in [1.807, 2.05) is 0 Å². The summed E-state index contributed by atoms with van der Waals surface area (Å²) in [6.07, 6.45) is 2.33. The highest BCUT2D eigenvalue weighted by atomic mass is 16.3. The Morgan fingerprint density at radius 1 is 0.758 bits per heavy atom. The van der Waals surface area contributed by atoms with E-state index in [1.165, 1.54) is 59.8 Å². The zero-order valence-electron chi connectivity index (χ0n) is 19.4. The summed E-state index contributed by atoms with van der Waals surface area (Å²) in [5, 5.41) is 15.8. The molecule has 6 rings (SSSR count). The van der Waals surface area contributed by atoms with Crippen LogP contribution in [0, 0.1) is 15.9 Å². The summed E-state index contributed by atoms with van der Waals surface area (Å²) < 4.78 is 0. The quantitative estimate of drug-likeness (QED) is 0.380. The van der Waals surface area contributed by atoms with E-state index in [4.69, 9.17) is 0 Å². The summed E-state index contributed by atoms with van der Waals surface area (Å²) in [5.41, 5.74) is 8.82. The fourth-order valence-electron chi connectivity index (χ4n) is 6.00. The summed E-state index contributed by atoms with van der Waals surface area (Å²) in [6, 6.07) is 30.6. The zero-order chi connectivity index (χ0) is 22.7. The van der Waals surface area contributed by atoms with Gasteiger partial charge in [0.15, 0.2) is 0 Å². The van der Waals surface area contributed by atoms with E-state index in [0.717, 1.165) is 0 Å². The van der Waals surface area contributed by atoms with E-state index in [2.05, 4.69) is 112 Å². The molecule has 0 aromatic heterocycles. The van der Waals surface area contributed by atoms with Gasteiger partial charge in [-0.05, 0) is 77.4 Å². The molecule has 1 unspecified atom stereocenters. The first-order chi connectivity index (χ1) is 16.0. The number of rotatable bonds is 2. The van der Waals surface area contributed by atoms with Crippen LogP contribution in [0.2, 0.25) is 0 Å². The number of aliphatic hydroxyl groups is 1. The Morgan fingerprint density at radius 2 is 1.45 bits per heavy atom. The molecule has 162 valence electrons. The van der Waals surface area contributed by atoms with Gasteiger partial charge in [0.05, 0.1) is 6.61 Å². The molecule has 0 aliphatic heterocycles. The molecule has 1 N–H and O–H groups in total. The maximum Gasteiger partial charge on any atom is 0.0537 e. The number of fused-ring (bicyclic) bond motifs is 5. The third-order valence-electron chi connectivity index (χ3n) is 7.20. The molecule has 0 amide bonds. The molecule has 33 heavy (non-hydrogen) atoms. The molecule has 1 heteroatoms. The van der Waals surface area contributed by atoms with Gasteiger partial charge in [-0.1, -0.05) is 99.6 Å². The molecule has 4 aromatic carbocycles. The fourth-order valence-corrected chi connectivity index (χ4v) is 6.00. The first-order valence-electron chi connectivity index (χ1n) is 11.8. The van der Waals surface area contributed by atoms with Crippen LogP contribution in [0.4, 0.5) is 0 Å². The molecular formula is C32H28O. The lowest BCUT2D eigenvalue weighted by Crippen LogP contribution is -2.31. The predicted octanol–water partition coefficient (Wildman–Crippen LogP) is 5.74. The molecule has 0 spiro atoms. The third-order valence-corrected chi connectivity index (χ3v) is 7.20. The highest BCUT2D eigenvalue weighted by molar-refractivity contribution is 5.92. The second-order valence-electron chi connectivity index (χ2n) is 10.2. The molecule has 1 nitrogen and oxygen atoms in total. The fraction of sp³-hybridized carbons (Fsp3) is 0.188. The van der Waals surface area contributed by atoms with Crippen LogP contribution in [0.25, 0.3) is 33.9 Å². The highest BCUT2D eigenvalue weighted by Crippen LogP contribution is 2.47. The van der Waals surface area contributed by atoms with Gasteiger partial charge in [-0.25, -0.2) is 0 Å². The van der Waals surface area contributed by atoms with Crippen LogP contribution in [0.3, 0.4) is 0 Å². The van der Waals surface area contributed by atoms with Gasteiger partial charge in [0.2, 0.25) is 0 Å². The lowest BCUT2D eigenvalue weighted by atomic mass is 9.68. The second-order valence-corrected chi connectivity index (χ2v) is 10.2. The molecule has 2 aliphatic rings. The average molecular weight is 429 g/mol. The molecule has 0 bridgehead atoms. The molecule has 4 aromatic rings.